The fourth-order valence-electron chi connectivity index (χ4n) is 2.92. The highest BCUT2D eigenvalue weighted by Crippen LogP contribution is 2.27. The number of hydrogen-bond donors (Lipinski definition) is 0. The van der Waals surface area contributed by atoms with Crippen LogP contribution in [0, 0.1) is 0 Å². The van der Waals surface area contributed by atoms with E-state index in [1.807, 2.05) is 24.3 Å². The van der Waals surface area contributed by atoms with Gasteiger partial charge in [0.15, 0.2) is 5.65 Å². The van der Waals surface area contributed by atoms with Gasteiger partial charge in [0, 0.05) is 23.1 Å². The molecule has 0 fully saturated rings. The van der Waals surface area contributed by atoms with E-state index in [-0.39, 0.29) is 5.75 Å². The molecule has 0 saturated heterocycles. The van der Waals surface area contributed by atoms with Gasteiger partial charge in [-0.15, -0.1) is 18.3 Å². The minimum absolute atomic E-state index is 0.293. The summed E-state index contributed by atoms with van der Waals surface area (Å²) in [4.78, 5) is 4.27. The first kappa shape index (κ1) is 20.0. The predicted molar refractivity (Wildman–Crippen MR) is 106 cm³/mol. The van der Waals surface area contributed by atoms with Crippen LogP contribution in [-0.4, -0.2) is 27.6 Å². The van der Waals surface area contributed by atoms with Gasteiger partial charge in [0.25, 0.3) is 0 Å². The van der Waals surface area contributed by atoms with E-state index in [0.29, 0.717) is 40.8 Å². The quantitative estimate of drug-likeness (QED) is 0.399. The van der Waals surface area contributed by atoms with Gasteiger partial charge in [-0.05, 0) is 48.0 Å². The number of aromatic nitrogens is 3. The highest BCUT2D eigenvalue weighted by atomic mass is 35.5. The Morgan fingerprint density at radius 1 is 1.00 bits per heavy atom. The van der Waals surface area contributed by atoms with Gasteiger partial charge in [0.2, 0.25) is 5.88 Å². The number of hydrogen-bond acceptors (Lipinski definition) is 4. The third-order valence-corrected chi connectivity index (χ3v) is 4.49. The van der Waals surface area contributed by atoms with E-state index in [9.17, 15) is 13.2 Å². The van der Waals surface area contributed by atoms with Crippen molar-refractivity contribution in [3.8, 4) is 22.9 Å². The van der Waals surface area contributed by atoms with Gasteiger partial charge in [-0.1, -0.05) is 23.7 Å². The van der Waals surface area contributed by atoms with Crippen molar-refractivity contribution in [2.75, 3.05) is 6.61 Å². The SMILES string of the molecule is FC(F)(F)Oc1ccc(-c2cnc3ccc(OCCc4cccc(Cl)c4)nn23)cc1. The summed E-state index contributed by atoms with van der Waals surface area (Å²) in [5.41, 5.74) is 2.89. The first-order chi connectivity index (χ1) is 14.4. The lowest BCUT2D eigenvalue weighted by molar-refractivity contribution is -0.274. The normalized spacial score (nSPS) is 11.6. The topological polar surface area (TPSA) is 48.7 Å². The average molecular weight is 434 g/mol. The number of nitrogens with zero attached hydrogens (tertiary/aromatic N) is 3. The van der Waals surface area contributed by atoms with Crippen LogP contribution in [0.25, 0.3) is 16.9 Å². The van der Waals surface area contributed by atoms with E-state index in [2.05, 4.69) is 14.8 Å². The number of ether oxygens (including phenoxy) is 2. The maximum atomic E-state index is 12.3. The molecule has 0 aliphatic carbocycles. The molecular formula is C21H15ClF3N3O2. The van der Waals surface area contributed by atoms with Crippen LogP contribution in [-0.2, 0) is 6.42 Å². The Labute approximate surface area is 174 Å². The van der Waals surface area contributed by atoms with Crippen LogP contribution < -0.4 is 9.47 Å². The summed E-state index contributed by atoms with van der Waals surface area (Å²) in [5.74, 6) is 0.110. The summed E-state index contributed by atoms with van der Waals surface area (Å²) < 4.78 is 48.2. The van der Waals surface area contributed by atoms with Gasteiger partial charge in [0.1, 0.15) is 5.75 Å². The zero-order chi connectivity index (χ0) is 21.1. The molecule has 2 heterocycles. The fraction of sp³-hybridized carbons (Fsp3) is 0.143. The van der Waals surface area contributed by atoms with Crippen molar-refractivity contribution in [3.63, 3.8) is 0 Å². The minimum Gasteiger partial charge on any atom is -0.476 e. The molecule has 0 amide bonds. The first-order valence-electron chi connectivity index (χ1n) is 8.96. The second kappa shape index (κ2) is 8.23. The fourth-order valence-corrected chi connectivity index (χ4v) is 3.14. The Bertz CT molecular complexity index is 1160. The van der Waals surface area contributed by atoms with Crippen molar-refractivity contribution in [2.45, 2.75) is 12.8 Å². The number of alkyl halides is 3. The lowest BCUT2D eigenvalue weighted by atomic mass is 10.1. The number of halogens is 4. The minimum atomic E-state index is -4.73. The Morgan fingerprint density at radius 3 is 2.53 bits per heavy atom. The molecule has 0 unspecified atom stereocenters. The van der Waals surface area contributed by atoms with Gasteiger partial charge in [-0.2, -0.15) is 0 Å². The van der Waals surface area contributed by atoms with E-state index in [1.54, 1.807) is 22.8 Å². The molecule has 2 aromatic heterocycles. The van der Waals surface area contributed by atoms with E-state index >= 15 is 0 Å². The third kappa shape index (κ3) is 4.83. The maximum absolute atomic E-state index is 12.3. The first-order valence-corrected chi connectivity index (χ1v) is 9.33. The maximum Gasteiger partial charge on any atom is 0.573 e. The zero-order valence-corrected chi connectivity index (χ0v) is 16.2. The Hall–Kier alpha value is -3.26. The Balaban J connectivity index is 1.50. The van der Waals surface area contributed by atoms with Crippen molar-refractivity contribution < 1.29 is 22.6 Å². The van der Waals surface area contributed by atoms with Crippen molar-refractivity contribution in [1.29, 1.82) is 0 Å². The summed E-state index contributed by atoms with van der Waals surface area (Å²) in [5, 5.41) is 5.11. The summed E-state index contributed by atoms with van der Waals surface area (Å²) in [6, 6.07) is 16.5. The molecule has 2 aromatic carbocycles. The predicted octanol–water partition coefficient (Wildman–Crippen LogP) is 5.57. The molecule has 0 radical (unpaired) electrons. The van der Waals surface area contributed by atoms with Crippen LogP contribution in [0.3, 0.4) is 0 Å². The highest BCUT2D eigenvalue weighted by Gasteiger charge is 2.31. The number of benzene rings is 2. The molecule has 0 atom stereocenters. The number of imidazole rings is 1. The van der Waals surface area contributed by atoms with Gasteiger partial charge in [-0.3, -0.25) is 0 Å². The van der Waals surface area contributed by atoms with E-state index in [0.717, 1.165) is 5.56 Å². The third-order valence-electron chi connectivity index (χ3n) is 4.25. The van der Waals surface area contributed by atoms with Crippen LogP contribution in [0.4, 0.5) is 13.2 Å². The molecular weight excluding hydrogens is 419 g/mol. The van der Waals surface area contributed by atoms with Crippen molar-refractivity contribution in [2.24, 2.45) is 0 Å². The lowest BCUT2D eigenvalue weighted by Gasteiger charge is -2.09. The molecule has 0 saturated carbocycles. The second-order valence-electron chi connectivity index (χ2n) is 6.39. The van der Waals surface area contributed by atoms with Crippen LogP contribution >= 0.6 is 11.6 Å². The molecule has 0 aliphatic heterocycles. The largest absolute Gasteiger partial charge is 0.573 e. The van der Waals surface area contributed by atoms with Crippen LogP contribution in [0.5, 0.6) is 11.6 Å². The number of fused-ring (bicyclic) bond motifs is 1. The summed E-state index contributed by atoms with van der Waals surface area (Å²) >= 11 is 5.98. The molecule has 0 spiro atoms. The van der Waals surface area contributed by atoms with Crippen molar-refractivity contribution in [3.05, 3.63) is 77.4 Å². The van der Waals surface area contributed by atoms with Gasteiger partial charge in [-0.25, -0.2) is 9.50 Å². The van der Waals surface area contributed by atoms with Crippen LogP contribution in [0.2, 0.25) is 5.02 Å². The average Bonchev–Trinajstić information content (AvgIpc) is 3.11. The lowest BCUT2D eigenvalue weighted by Crippen LogP contribution is -2.16. The van der Waals surface area contributed by atoms with Crippen LogP contribution in [0.15, 0.2) is 66.9 Å². The molecule has 4 rings (SSSR count). The van der Waals surface area contributed by atoms with E-state index in [1.165, 1.54) is 24.3 Å². The Morgan fingerprint density at radius 2 is 1.80 bits per heavy atom. The van der Waals surface area contributed by atoms with E-state index in [4.69, 9.17) is 16.3 Å². The van der Waals surface area contributed by atoms with E-state index < -0.39 is 6.36 Å². The zero-order valence-electron chi connectivity index (χ0n) is 15.4. The molecule has 9 heteroatoms. The standard InChI is InChI=1S/C21H15ClF3N3O2/c22-16-3-1-2-14(12-16)10-11-29-20-9-8-19-26-13-18(28(19)27-20)15-4-6-17(7-5-15)30-21(23,24)25/h1-9,12-13H,10-11H2. The monoisotopic (exact) mass is 433 g/mol. The second-order valence-corrected chi connectivity index (χ2v) is 6.82. The van der Waals surface area contributed by atoms with Crippen LogP contribution in [0.1, 0.15) is 5.56 Å². The molecule has 5 nitrogen and oxygen atoms in total. The summed E-state index contributed by atoms with van der Waals surface area (Å²) in [6.07, 6.45) is -2.47. The van der Waals surface area contributed by atoms with Crippen molar-refractivity contribution >= 4 is 17.2 Å². The Kier molecular flexibility index (Phi) is 5.50. The molecule has 0 N–H and O–H groups in total. The summed E-state index contributed by atoms with van der Waals surface area (Å²) in [7, 11) is 0. The molecule has 0 aliphatic rings. The smallest absolute Gasteiger partial charge is 0.476 e. The molecule has 30 heavy (non-hydrogen) atoms. The van der Waals surface area contributed by atoms with Gasteiger partial charge < -0.3 is 9.47 Å². The number of rotatable bonds is 6. The highest BCUT2D eigenvalue weighted by molar-refractivity contribution is 6.30. The van der Waals surface area contributed by atoms with Gasteiger partial charge in [0.05, 0.1) is 18.5 Å². The molecule has 0 bridgehead atoms. The summed E-state index contributed by atoms with van der Waals surface area (Å²) in [6.45, 7) is 0.409. The van der Waals surface area contributed by atoms with Crippen molar-refractivity contribution in [1.82, 2.24) is 14.6 Å². The van der Waals surface area contributed by atoms with Gasteiger partial charge >= 0.3 is 6.36 Å². The molecule has 154 valence electrons. The molecule has 4 aromatic rings.